The summed E-state index contributed by atoms with van der Waals surface area (Å²) in [5, 5.41) is 8.77. The summed E-state index contributed by atoms with van der Waals surface area (Å²) in [6, 6.07) is 2.71. The van der Waals surface area contributed by atoms with E-state index in [9.17, 15) is 9.59 Å². The van der Waals surface area contributed by atoms with Crippen LogP contribution in [0.1, 0.15) is 37.9 Å². The number of hydrogen-bond donors (Lipinski definition) is 2. The Hall–Kier alpha value is -1.82. The van der Waals surface area contributed by atoms with Gasteiger partial charge in [0.2, 0.25) is 5.91 Å². The molecule has 0 aromatic carbocycles. The van der Waals surface area contributed by atoms with Crippen LogP contribution >= 0.6 is 0 Å². The molecule has 0 bridgehead atoms. The van der Waals surface area contributed by atoms with Gasteiger partial charge in [-0.1, -0.05) is 12.8 Å². The van der Waals surface area contributed by atoms with E-state index in [2.05, 4.69) is 0 Å². The van der Waals surface area contributed by atoms with Crippen LogP contribution in [0, 0.1) is 0 Å². The van der Waals surface area contributed by atoms with Gasteiger partial charge in [-0.05, 0) is 25.0 Å². The first-order valence-corrected chi connectivity index (χ1v) is 6.88. The van der Waals surface area contributed by atoms with E-state index in [4.69, 9.17) is 15.3 Å². The van der Waals surface area contributed by atoms with Crippen LogP contribution in [-0.2, 0) is 16.1 Å². The Balaban J connectivity index is 2.08. The number of carboxylic acids is 1. The number of furan rings is 1. The summed E-state index contributed by atoms with van der Waals surface area (Å²) in [5.74, 6) is -0.682. The molecule has 3 N–H and O–H groups in total. The summed E-state index contributed by atoms with van der Waals surface area (Å²) in [5.41, 5.74) is 5.71. The zero-order valence-electron chi connectivity index (χ0n) is 11.3. The molecule has 1 atom stereocenters. The molecular weight excluding hydrogens is 260 g/mol. The van der Waals surface area contributed by atoms with E-state index < -0.39 is 12.0 Å². The van der Waals surface area contributed by atoms with Gasteiger partial charge in [0, 0.05) is 6.04 Å². The fourth-order valence-corrected chi connectivity index (χ4v) is 2.66. The molecule has 1 heterocycles. The van der Waals surface area contributed by atoms with Gasteiger partial charge in [-0.2, -0.15) is 0 Å². The normalized spacial score (nSPS) is 17.1. The topological polar surface area (TPSA) is 96.8 Å². The second-order valence-electron chi connectivity index (χ2n) is 5.19. The van der Waals surface area contributed by atoms with E-state index in [1.807, 2.05) is 0 Å². The molecule has 1 saturated carbocycles. The van der Waals surface area contributed by atoms with Crippen molar-refractivity contribution < 1.29 is 19.1 Å². The highest BCUT2D eigenvalue weighted by molar-refractivity contribution is 5.86. The summed E-state index contributed by atoms with van der Waals surface area (Å²) in [7, 11) is 0. The highest BCUT2D eigenvalue weighted by Gasteiger charge is 2.31. The van der Waals surface area contributed by atoms with Crippen molar-refractivity contribution in [3.05, 3.63) is 24.2 Å². The first kappa shape index (κ1) is 14.6. The van der Waals surface area contributed by atoms with E-state index in [1.54, 1.807) is 23.3 Å². The zero-order valence-corrected chi connectivity index (χ0v) is 11.3. The smallest absolute Gasteiger partial charge is 0.305 e. The van der Waals surface area contributed by atoms with E-state index in [1.165, 1.54) is 0 Å². The van der Waals surface area contributed by atoms with Crippen LogP contribution < -0.4 is 5.73 Å². The van der Waals surface area contributed by atoms with E-state index in [0.717, 1.165) is 25.7 Å². The Bertz CT molecular complexity index is 452. The maximum Gasteiger partial charge on any atom is 0.305 e. The third kappa shape index (κ3) is 3.60. The first-order chi connectivity index (χ1) is 9.58. The molecule has 1 unspecified atom stereocenters. The third-order valence-electron chi connectivity index (χ3n) is 3.67. The molecule has 0 spiro atoms. The third-order valence-corrected chi connectivity index (χ3v) is 3.67. The number of nitrogens with two attached hydrogens (primary N) is 1. The number of hydrogen-bond acceptors (Lipinski definition) is 4. The van der Waals surface area contributed by atoms with Gasteiger partial charge >= 0.3 is 5.97 Å². The van der Waals surface area contributed by atoms with Crippen molar-refractivity contribution >= 4 is 11.9 Å². The second kappa shape index (κ2) is 6.56. The first-order valence-electron chi connectivity index (χ1n) is 6.88. The molecule has 2 rings (SSSR count). The molecule has 6 nitrogen and oxygen atoms in total. The minimum atomic E-state index is -1.06. The molecule has 0 saturated heterocycles. The molecule has 0 aliphatic heterocycles. The predicted molar refractivity (Wildman–Crippen MR) is 71.7 cm³/mol. The minimum Gasteiger partial charge on any atom is -0.481 e. The molecule has 1 aromatic rings. The largest absolute Gasteiger partial charge is 0.481 e. The van der Waals surface area contributed by atoms with Crippen molar-refractivity contribution in [2.24, 2.45) is 5.73 Å². The SMILES string of the molecule is NC(CC(=O)O)C(=O)N(Cc1ccco1)C1CCCC1. The molecule has 1 amide bonds. The van der Waals surface area contributed by atoms with E-state index in [-0.39, 0.29) is 18.4 Å². The van der Waals surface area contributed by atoms with Crippen molar-refractivity contribution in [1.29, 1.82) is 0 Å². The van der Waals surface area contributed by atoms with E-state index >= 15 is 0 Å². The van der Waals surface area contributed by atoms with Crippen LogP contribution in [0.4, 0.5) is 0 Å². The Morgan fingerprint density at radius 1 is 1.45 bits per heavy atom. The lowest BCUT2D eigenvalue weighted by Crippen LogP contribution is -2.48. The van der Waals surface area contributed by atoms with Gasteiger partial charge in [0.15, 0.2) is 0 Å². The quantitative estimate of drug-likeness (QED) is 0.820. The Labute approximate surface area is 117 Å². The van der Waals surface area contributed by atoms with Crippen molar-refractivity contribution in [2.75, 3.05) is 0 Å². The highest BCUT2D eigenvalue weighted by Crippen LogP contribution is 2.25. The summed E-state index contributed by atoms with van der Waals surface area (Å²) in [6.07, 6.45) is 5.25. The summed E-state index contributed by atoms with van der Waals surface area (Å²) in [4.78, 5) is 24.8. The summed E-state index contributed by atoms with van der Waals surface area (Å²) < 4.78 is 5.28. The van der Waals surface area contributed by atoms with Gasteiger partial charge in [-0.15, -0.1) is 0 Å². The van der Waals surface area contributed by atoms with Crippen LogP contribution in [0.2, 0.25) is 0 Å². The van der Waals surface area contributed by atoms with E-state index in [0.29, 0.717) is 12.3 Å². The number of amides is 1. The lowest BCUT2D eigenvalue weighted by atomic mass is 10.1. The zero-order chi connectivity index (χ0) is 14.5. The van der Waals surface area contributed by atoms with Crippen LogP contribution in [0.5, 0.6) is 0 Å². The Morgan fingerprint density at radius 3 is 2.70 bits per heavy atom. The fraction of sp³-hybridized carbons (Fsp3) is 0.571. The molecular formula is C14H20N2O4. The Kier molecular flexibility index (Phi) is 4.79. The highest BCUT2D eigenvalue weighted by atomic mass is 16.4. The number of carboxylic acid groups (broad SMARTS) is 1. The molecule has 1 aromatic heterocycles. The predicted octanol–water partition coefficient (Wildman–Crippen LogP) is 1.35. The number of rotatable bonds is 6. The number of carbonyl (C=O) groups is 2. The minimum absolute atomic E-state index is 0.132. The summed E-state index contributed by atoms with van der Waals surface area (Å²) in [6.45, 7) is 0.351. The lowest BCUT2D eigenvalue weighted by Gasteiger charge is -2.30. The lowest BCUT2D eigenvalue weighted by molar-refractivity contribution is -0.143. The van der Waals surface area contributed by atoms with Crippen molar-refractivity contribution in [3.63, 3.8) is 0 Å². The van der Waals surface area contributed by atoms with Crippen LogP contribution in [0.3, 0.4) is 0 Å². The van der Waals surface area contributed by atoms with Crippen LogP contribution in [0.15, 0.2) is 22.8 Å². The molecule has 1 aliphatic rings. The molecule has 1 fully saturated rings. The van der Waals surface area contributed by atoms with Crippen LogP contribution in [-0.4, -0.2) is 34.0 Å². The maximum absolute atomic E-state index is 12.4. The monoisotopic (exact) mass is 280 g/mol. The van der Waals surface area contributed by atoms with Crippen LogP contribution in [0.25, 0.3) is 0 Å². The van der Waals surface area contributed by atoms with Gasteiger partial charge in [0.25, 0.3) is 0 Å². The van der Waals surface area contributed by atoms with Gasteiger partial charge in [0.05, 0.1) is 25.3 Å². The molecule has 6 heteroatoms. The molecule has 110 valence electrons. The fourth-order valence-electron chi connectivity index (χ4n) is 2.66. The molecule has 0 radical (unpaired) electrons. The maximum atomic E-state index is 12.4. The van der Waals surface area contributed by atoms with Crippen molar-refractivity contribution in [3.8, 4) is 0 Å². The van der Waals surface area contributed by atoms with Crippen molar-refractivity contribution in [1.82, 2.24) is 4.90 Å². The van der Waals surface area contributed by atoms with Crippen molar-refractivity contribution in [2.45, 2.75) is 50.7 Å². The average Bonchev–Trinajstić information content (AvgIpc) is 3.07. The second-order valence-corrected chi connectivity index (χ2v) is 5.19. The van der Waals surface area contributed by atoms with Gasteiger partial charge in [-0.25, -0.2) is 0 Å². The van der Waals surface area contributed by atoms with Gasteiger partial charge in [0.1, 0.15) is 5.76 Å². The van der Waals surface area contributed by atoms with Gasteiger partial charge < -0.3 is 20.2 Å². The Morgan fingerprint density at radius 2 is 2.15 bits per heavy atom. The molecule has 1 aliphatic carbocycles. The summed E-state index contributed by atoms with van der Waals surface area (Å²) >= 11 is 0. The molecule has 20 heavy (non-hydrogen) atoms. The van der Waals surface area contributed by atoms with Gasteiger partial charge in [-0.3, -0.25) is 9.59 Å². The number of nitrogens with zero attached hydrogens (tertiary/aromatic N) is 1. The standard InChI is InChI=1S/C14H20N2O4/c15-12(8-13(17)18)14(19)16(10-4-1-2-5-10)9-11-6-3-7-20-11/h3,6-7,10,12H,1-2,4-5,8-9,15H2,(H,17,18). The number of aliphatic carboxylic acids is 1. The average molecular weight is 280 g/mol. The number of carbonyl (C=O) groups excluding carboxylic acids is 1.